The molecule has 0 saturated carbocycles. The summed E-state index contributed by atoms with van der Waals surface area (Å²) in [6.45, 7) is 6.03. The van der Waals surface area contributed by atoms with Gasteiger partial charge in [0.05, 0.1) is 27.6 Å². The lowest BCUT2D eigenvalue weighted by atomic mass is 10.2. The van der Waals surface area contributed by atoms with E-state index in [0.717, 1.165) is 10.2 Å². The van der Waals surface area contributed by atoms with E-state index in [1.54, 1.807) is 12.1 Å². The molecule has 1 aromatic heterocycles. The van der Waals surface area contributed by atoms with Gasteiger partial charge in [-0.15, -0.1) is 11.8 Å². The number of nitrogens with one attached hydrogen (secondary N) is 1. The topological polar surface area (TPSA) is 84.3 Å². The third kappa shape index (κ3) is 4.39. The molecule has 2 aromatic rings. The number of hydrogen-bond donors (Lipinski definition) is 1. The molecule has 0 bridgehead atoms. The van der Waals surface area contributed by atoms with E-state index >= 15 is 0 Å². The largest absolute Gasteiger partial charge is 0.323 e. The normalized spacial score (nSPS) is 13.6. The van der Waals surface area contributed by atoms with Crippen molar-refractivity contribution in [3.05, 3.63) is 45.3 Å². The van der Waals surface area contributed by atoms with Gasteiger partial charge in [0.2, 0.25) is 11.8 Å². The standard InChI is InChI=1S/C19H21ClN4O3S/c1-11(2)8-23-17(26)10-28-15-7-21-24(19(27)18(15)23)9-16(25)22-14-5-4-12(3)6-13(14)20/h4-7,11H,8-10H2,1-3H3,(H,22,25). The van der Waals surface area contributed by atoms with Crippen molar-refractivity contribution >= 4 is 46.6 Å². The van der Waals surface area contributed by atoms with E-state index < -0.39 is 11.5 Å². The number of aryl methyl sites for hydroxylation is 1. The molecule has 28 heavy (non-hydrogen) atoms. The third-order valence-electron chi connectivity index (χ3n) is 4.15. The maximum absolute atomic E-state index is 12.9. The third-order valence-corrected chi connectivity index (χ3v) is 5.46. The molecule has 1 aliphatic rings. The summed E-state index contributed by atoms with van der Waals surface area (Å²) in [7, 11) is 0. The van der Waals surface area contributed by atoms with Gasteiger partial charge < -0.3 is 10.2 Å². The molecule has 1 N–H and O–H groups in total. The number of benzene rings is 1. The quantitative estimate of drug-likeness (QED) is 0.803. The van der Waals surface area contributed by atoms with Crippen LogP contribution in [0.2, 0.25) is 5.02 Å². The fourth-order valence-electron chi connectivity index (χ4n) is 2.88. The van der Waals surface area contributed by atoms with E-state index in [0.29, 0.717) is 27.8 Å². The second-order valence-electron chi connectivity index (χ2n) is 7.04. The Balaban J connectivity index is 1.85. The molecule has 148 valence electrons. The minimum atomic E-state index is -0.455. The molecule has 3 rings (SSSR count). The first-order chi connectivity index (χ1) is 13.3. The van der Waals surface area contributed by atoms with Crippen LogP contribution in [0.5, 0.6) is 0 Å². The van der Waals surface area contributed by atoms with Crippen molar-refractivity contribution < 1.29 is 9.59 Å². The number of carbonyl (C=O) groups is 2. The number of rotatable bonds is 5. The van der Waals surface area contributed by atoms with Crippen molar-refractivity contribution in [2.45, 2.75) is 32.2 Å². The Morgan fingerprint density at radius 1 is 1.36 bits per heavy atom. The van der Waals surface area contributed by atoms with Crippen LogP contribution < -0.4 is 15.8 Å². The molecule has 0 spiro atoms. The van der Waals surface area contributed by atoms with Crippen LogP contribution in [0.15, 0.2) is 34.1 Å². The molecular weight excluding hydrogens is 400 g/mol. The van der Waals surface area contributed by atoms with Crippen molar-refractivity contribution in [3.63, 3.8) is 0 Å². The number of aromatic nitrogens is 2. The molecular formula is C19H21ClN4O3S. The fraction of sp³-hybridized carbons (Fsp3) is 0.368. The van der Waals surface area contributed by atoms with Crippen LogP contribution in [0.25, 0.3) is 0 Å². The van der Waals surface area contributed by atoms with Crippen molar-refractivity contribution in [1.82, 2.24) is 9.78 Å². The number of halogens is 1. The molecule has 0 unspecified atom stereocenters. The first-order valence-corrected chi connectivity index (χ1v) is 10.2. The summed E-state index contributed by atoms with van der Waals surface area (Å²) in [6.07, 6.45) is 1.54. The average Bonchev–Trinajstić information content (AvgIpc) is 2.62. The number of anilines is 2. The summed E-state index contributed by atoms with van der Waals surface area (Å²) in [5, 5.41) is 7.21. The van der Waals surface area contributed by atoms with Crippen LogP contribution in [0, 0.1) is 12.8 Å². The Morgan fingerprint density at radius 2 is 2.11 bits per heavy atom. The van der Waals surface area contributed by atoms with E-state index in [4.69, 9.17) is 11.6 Å². The molecule has 0 radical (unpaired) electrons. The Kier molecular flexibility index (Phi) is 6.10. The van der Waals surface area contributed by atoms with Crippen LogP contribution in [-0.2, 0) is 16.1 Å². The van der Waals surface area contributed by atoms with Gasteiger partial charge in [0.15, 0.2) is 0 Å². The van der Waals surface area contributed by atoms with Gasteiger partial charge in [-0.3, -0.25) is 14.4 Å². The SMILES string of the molecule is Cc1ccc(NC(=O)Cn2ncc3c(c2=O)N(CC(C)C)C(=O)CS3)c(Cl)c1. The van der Waals surface area contributed by atoms with E-state index in [2.05, 4.69) is 10.4 Å². The Morgan fingerprint density at radius 3 is 2.79 bits per heavy atom. The molecule has 7 nitrogen and oxygen atoms in total. The number of amides is 2. The van der Waals surface area contributed by atoms with Gasteiger partial charge in [-0.1, -0.05) is 31.5 Å². The van der Waals surface area contributed by atoms with Gasteiger partial charge in [0, 0.05) is 6.54 Å². The van der Waals surface area contributed by atoms with E-state index in [9.17, 15) is 14.4 Å². The molecule has 1 aliphatic heterocycles. The molecule has 0 saturated heterocycles. The number of hydrogen-bond acceptors (Lipinski definition) is 5. The summed E-state index contributed by atoms with van der Waals surface area (Å²) in [4.78, 5) is 39.8. The summed E-state index contributed by atoms with van der Waals surface area (Å²) in [5.41, 5.74) is 1.29. The maximum atomic E-state index is 12.9. The first kappa shape index (κ1) is 20.4. The summed E-state index contributed by atoms with van der Waals surface area (Å²) < 4.78 is 1.07. The monoisotopic (exact) mass is 420 g/mol. The lowest BCUT2D eigenvalue weighted by molar-refractivity contribution is -0.117. The first-order valence-electron chi connectivity index (χ1n) is 8.85. The molecule has 9 heteroatoms. The van der Waals surface area contributed by atoms with E-state index in [1.165, 1.54) is 22.9 Å². The van der Waals surface area contributed by atoms with Crippen LogP contribution >= 0.6 is 23.4 Å². The molecule has 0 fully saturated rings. The highest BCUT2D eigenvalue weighted by molar-refractivity contribution is 8.00. The number of carbonyl (C=O) groups excluding carboxylic acids is 2. The van der Waals surface area contributed by atoms with E-state index in [-0.39, 0.29) is 24.1 Å². The smallest absolute Gasteiger partial charge is 0.292 e. The predicted molar refractivity (Wildman–Crippen MR) is 111 cm³/mol. The zero-order valence-corrected chi connectivity index (χ0v) is 17.4. The van der Waals surface area contributed by atoms with Crippen molar-refractivity contribution in [1.29, 1.82) is 0 Å². The minimum absolute atomic E-state index is 0.114. The molecule has 2 amide bonds. The number of nitrogens with zero attached hydrogens (tertiary/aromatic N) is 3. The lowest BCUT2D eigenvalue weighted by Gasteiger charge is -2.29. The molecule has 2 heterocycles. The summed E-state index contributed by atoms with van der Waals surface area (Å²) in [6, 6.07) is 5.28. The second-order valence-corrected chi connectivity index (χ2v) is 8.46. The summed E-state index contributed by atoms with van der Waals surface area (Å²) in [5.74, 6) is -0.0626. The van der Waals surface area contributed by atoms with Crippen LogP contribution in [0.4, 0.5) is 11.4 Å². The highest BCUT2D eigenvalue weighted by atomic mass is 35.5. The Hall–Kier alpha value is -2.32. The van der Waals surface area contributed by atoms with Crippen LogP contribution in [-0.4, -0.2) is 33.9 Å². The zero-order chi connectivity index (χ0) is 20.4. The molecule has 1 aromatic carbocycles. The van der Waals surface area contributed by atoms with Crippen LogP contribution in [0.1, 0.15) is 19.4 Å². The van der Waals surface area contributed by atoms with Gasteiger partial charge in [-0.05, 0) is 30.5 Å². The fourth-order valence-corrected chi connectivity index (χ4v) is 4.05. The highest BCUT2D eigenvalue weighted by Gasteiger charge is 2.29. The maximum Gasteiger partial charge on any atom is 0.292 e. The summed E-state index contributed by atoms with van der Waals surface area (Å²) >= 11 is 7.43. The van der Waals surface area contributed by atoms with Crippen molar-refractivity contribution in [3.8, 4) is 0 Å². The Bertz CT molecular complexity index is 990. The lowest BCUT2D eigenvalue weighted by Crippen LogP contribution is -2.44. The second kappa shape index (κ2) is 8.36. The van der Waals surface area contributed by atoms with E-state index in [1.807, 2.05) is 26.8 Å². The minimum Gasteiger partial charge on any atom is -0.323 e. The average molecular weight is 421 g/mol. The Labute approximate surface area is 172 Å². The van der Waals surface area contributed by atoms with Crippen LogP contribution in [0.3, 0.4) is 0 Å². The zero-order valence-electron chi connectivity index (χ0n) is 15.9. The molecule has 0 aliphatic carbocycles. The van der Waals surface area contributed by atoms with Gasteiger partial charge in [0.1, 0.15) is 12.2 Å². The number of fused-ring (bicyclic) bond motifs is 1. The highest BCUT2D eigenvalue weighted by Crippen LogP contribution is 2.32. The van der Waals surface area contributed by atoms with Gasteiger partial charge in [0.25, 0.3) is 5.56 Å². The predicted octanol–water partition coefficient (Wildman–Crippen LogP) is 2.94. The van der Waals surface area contributed by atoms with Crippen molar-refractivity contribution in [2.75, 3.05) is 22.5 Å². The number of thioether (sulfide) groups is 1. The van der Waals surface area contributed by atoms with Gasteiger partial charge in [-0.2, -0.15) is 5.10 Å². The van der Waals surface area contributed by atoms with Crippen molar-refractivity contribution in [2.24, 2.45) is 5.92 Å². The van der Waals surface area contributed by atoms with Gasteiger partial charge in [-0.25, -0.2) is 4.68 Å². The molecule has 0 atom stereocenters. The van der Waals surface area contributed by atoms with Gasteiger partial charge >= 0.3 is 0 Å².